The van der Waals surface area contributed by atoms with Gasteiger partial charge in [0.1, 0.15) is 5.75 Å². The van der Waals surface area contributed by atoms with Crippen molar-refractivity contribution in [2.75, 3.05) is 5.73 Å². The van der Waals surface area contributed by atoms with Crippen molar-refractivity contribution in [2.45, 2.75) is 6.92 Å². The van der Waals surface area contributed by atoms with E-state index < -0.39 is 11.2 Å². The zero-order chi connectivity index (χ0) is 26.3. The molecule has 182 valence electrons. The highest BCUT2D eigenvalue weighted by molar-refractivity contribution is 6.37. The van der Waals surface area contributed by atoms with Crippen molar-refractivity contribution in [2.24, 2.45) is 0 Å². The molecule has 0 spiro atoms. The first-order valence-corrected chi connectivity index (χ1v) is 11.6. The van der Waals surface area contributed by atoms with Crippen LogP contribution >= 0.6 is 23.2 Å². The summed E-state index contributed by atoms with van der Waals surface area (Å²) in [4.78, 5) is 30.5. The Hall–Kier alpha value is -4.65. The van der Waals surface area contributed by atoms with Crippen molar-refractivity contribution >= 4 is 39.9 Å². The minimum Gasteiger partial charge on any atom is -0.454 e. The van der Waals surface area contributed by atoms with Gasteiger partial charge in [0.25, 0.3) is 5.56 Å². The summed E-state index contributed by atoms with van der Waals surface area (Å²) in [5, 5.41) is 13.9. The zero-order valence-electron chi connectivity index (χ0n) is 19.1. The van der Waals surface area contributed by atoms with Crippen LogP contribution in [0.15, 0.2) is 70.3 Å². The topological polar surface area (TPSA) is 140 Å². The highest BCUT2D eigenvalue weighted by atomic mass is 35.5. The van der Waals surface area contributed by atoms with Crippen LogP contribution < -0.4 is 21.7 Å². The molecule has 0 aliphatic heterocycles. The first-order chi connectivity index (χ1) is 17.7. The summed E-state index contributed by atoms with van der Waals surface area (Å²) < 4.78 is 6.88. The molecular weight excluding hydrogens is 515 g/mol. The lowest BCUT2D eigenvalue weighted by Crippen LogP contribution is -2.33. The van der Waals surface area contributed by atoms with E-state index in [9.17, 15) is 9.59 Å². The van der Waals surface area contributed by atoms with Crippen LogP contribution in [0.3, 0.4) is 0 Å². The molecule has 0 saturated heterocycles. The number of rotatable bonds is 4. The number of nitrogens with zero attached hydrogens (tertiary/aromatic N) is 4. The van der Waals surface area contributed by atoms with Gasteiger partial charge >= 0.3 is 5.69 Å². The molecule has 0 atom stereocenters. The van der Waals surface area contributed by atoms with E-state index in [0.717, 1.165) is 32.4 Å². The summed E-state index contributed by atoms with van der Waals surface area (Å²) in [5.74, 6) is 0.273. The van der Waals surface area contributed by atoms with Gasteiger partial charge in [0.05, 0.1) is 38.6 Å². The monoisotopic (exact) mass is 530 g/mol. The second-order valence-electron chi connectivity index (χ2n) is 8.09. The number of hydrogen-bond acceptors (Lipinski definition) is 7. The van der Waals surface area contributed by atoms with Crippen molar-refractivity contribution in [3.8, 4) is 34.5 Å². The standard InChI is InChI=1S/C26H16Cl2N6O3/c1-13-8-22(15-4-2-14(12-29)3-5-15)31-21-7-6-17(11-18(13)21)37-23-19(27)9-16(10-20(23)28)34-26(36)32-25(35)24(30)33-34/h2-11H,1H3,(H2,30,33)(H,32,35,36). The number of halogens is 2. The molecule has 0 amide bonds. The van der Waals surface area contributed by atoms with E-state index in [0.29, 0.717) is 11.3 Å². The van der Waals surface area contributed by atoms with Gasteiger partial charge in [-0.15, -0.1) is 5.10 Å². The average molecular weight is 531 g/mol. The van der Waals surface area contributed by atoms with Gasteiger partial charge in [-0.1, -0.05) is 35.3 Å². The summed E-state index contributed by atoms with van der Waals surface area (Å²) in [6.07, 6.45) is 0. The Morgan fingerprint density at radius 3 is 2.41 bits per heavy atom. The molecule has 3 N–H and O–H groups in total. The number of nitriles is 1. The fourth-order valence-electron chi connectivity index (χ4n) is 3.77. The number of nitrogens with two attached hydrogens (primary N) is 1. The number of anilines is 1. The maximum absolute atomic E-state index is 12.1. The molecule has 0 saturated carbocycles. The molecule has 0 radical (unpaired) electrons. The number of aromatic nitrogens is 4. The quantitative estimate of drug-likeness (QED) is 0.333. The van der Waals surface area contributed by atoms with E-state index in [1.54, 1.807) is 18.2 Å². The number of pyridine rings is 1. The van der Waals surface area contributed by atoms with Crippen molar-refractivity contribution in [1.29, 1.82) is 5.26 Å². The van der Waals surface area contributed by atoms with Gasteiger partial charge in [0.2, 0.25) is 5.82 Å². The molecule has 2 aromatic heterocycles. The number of fused-ring (bicyclic) bond motifs is 1. The van der Waals surface area contributed by atoms with E-state index in [4.69, 9.17) is 43.9 Å². The molecule has 0 aliphatic carbocycles. The molecule has 11 heteroatoms. The first kappa shape index (κ1) is 24.1. The van der Waals surface area contributed by atoms with Gasteiger partial charge in [0.15, 0.2) is 5.75 Å². The van der Waals surface area contributed by atoms with Gasteiger partial charge < -0.3 is 10.5 Å². The summed E-state index contributed by atoms with van der Waals surface area (Å²) in [7, 11) is 0. The van der Waals surface area contributed by atoms with Crippen molar-refractivity contribution < 1.29 is 4.74 Å². The molecule has 5 rings (SSSR count). The molecule has 9 nitrogen and oxygen atoms in total. The summed E-state index contributed by atoms with van der Waals surface area (Å²) in [5.41, 5.74) is 8.16. The molecule has 0 bridgehead atoms. The third kappa shape index (κ3) is 4.63. The fourth-order valence-corrected chi connectivity index (χ4v) is 4.32. The number of aryl methyl sites for hydroxylation is 1. The van der Waals surface area contributed by atoms with Gasteiger partial charge in [0, 0.05) is 10.9 Å². The van der Waals surface area contributed by atoms with E-state index in [1.165, 1.54) is 12.1 Å². The van der Waals surface area contributed by atoms with Crippen molar-refractivity contribution in [3.05, 3.63) is 103 Å². The van der Waals surface area contributed by atoms with Crippen LogP contribution in [0.5, 0.6) is 11.5 Å². The Kier molecular flexibility index (Phi) is 6.13. The van der Waals surface area contributed by atoms with Crippen LogP contribution in [0.4, 0.5) is 5.82 Å². The number of nitrogens with one attached hydrogen (secondary N) is 1. The third-order valence-corrected chi connectivity index (χ3v) is 6.16. The van der Waals surface area contributed by atoms with Gasteiger partial charge in [-0.05, 0) is 61.0 Å². The number of aromatic amines is 1. The van der Waals surface area contributed by atoms with E-state index in [2.05, 4.69) is 16.2 Å². The van der Waals surface area contributed by atoms with Gasteiger partial charge in [-0.25, -0.2) is 9.78 Å². The van der Waals surface area contributed by atoms with E-state index in [1.807, 2.05) is 37.3 Å². The second kappa shape index (κ2) is 9.43. The Balaban J connectivity index is 1.48. The first-order valence-electron chi connectivity index (χ1n) is 10.8. The van der Waals surface area contributed by atoms with Gasteiger partial charge in [-0.2, -0.15) is 9.94 Å². The van der Waals surface area contributed by atoms with Crippen molar-refractivity contribution in [1.82, 2.24) is 19.7 Å². The molecule has 0 aliphatic rings. The molecule has 37 heavy (non-hydrogen) atoms. The molecule has 0 fully saturated rings. The fraction of sp³-hybridized carbons (Fsp3) is 0.0385. The van der Waals surface area contributed by atoms with Crippen LogP contribution in [0, 0.1) is 18.3 Å². The minimum atomic E-state index is -0.794. The number of benzene rings is 3. The Morgan fingerprint density at radius 1 is 1.03 bits per heavy atom. The molecule has 5 aromatic rings. The average Bonchev–Trinajstić information content (AvgIpc) is 2.88. The predicted octanol–water partition coefficient (Wildman–Crippen LogP) is 5.00. The van der Waals surface area contributed by atoms with Gasteiger partial charge in [-0.3, -0.25) is 9.78 Å². The predicted molar refractivity (Wildman–Crippen MR) is 142 cm³/mol. The largest absolute Gasteiger partial charge is 0.454 e. The van der Waals surface area contributed by atoms with Crippen molar-refractivity contribution in [3.63, 3.8) is 0 Å². The highest BCUT2D eigenvalue weighted by Gasteiger charge is 2.15. The SMILES string of the molecule is Cc1cc(-c2ccc(C#N)cc2)nc2ccc(Oc3c(Cl)cc(-n4nc(N)c(=O)[nH]c4=O)cc3Cl)cc12. The molecule has 3 aromatic carbocycles. The normalized spacial score (nSPS) is 10.9. The Bertz CT molecular complexity index is 1830. The third-order valence-electron chi connectivity index (χ3n) is 5.60. The maximum atomic E-state index is 12.1. The summed E-state index contributed by atoms with van der Waals surface area (Å²) >= 11 is 12.9. The van der Waals surface area contributed by atoms with Crippen LogP contribution in [0.25, 0.3) is 27.8 Å². The van der Waals surface area contributed by atoms with E-state index in [-0.39, 0.29) is 27.3 Å². The summed E-state index contributed by atoms with van der Waals surface area (Å²) in [6.45, 7) is 1.97. The number of nitrogen functional groups attached to an aromatic ring is 1. The van der Waals surface area contributed by atoms with E-state index >= 15 is 0 Å². The van der Waals surface area contributed by atoms with Crippen LogP contribution in [-0.2, 0) is 0 Å². The minimum absolute atomic E-state index is 0.118. The highest BCUT2D eigenvalue weighted by Crippen LogP contribution is 2.39. The lowest BCUT2D eigenvalue weighted by Gasteiger charge is -2.13. The smallest absolute Gasteiger partial charge is 0.349 e. The number of ether oxygens (including phenoxy) is 1. The van der Waals surface area contributed by atoms with Crippen LogP contribution in [0.1, 0.15) is 11.1 Å². The summed E-state index contributed by atoms with van der Waals surface area (Å²) in [6, 6.07) is 19.6. The van der Waals surface area contributed by atoms with Crippen LogP contribution in [-0.4, -0.2) is 19.7 Å². The zero-order valence-corrected chi connectivity index (χ0v) is 20.6. The van der Waals surface area contributed by atoms with Crippen LogP contribution in [0.2, 0.25) is 10.0 Å². The Labute approximate surface area is 219 Å². The second-order valence-corrected chi connectivity index (χ2v) is 8.90. The molecule has 2 heterocycles. The molecular formula is C26H16Cl2N6O3. The lowest BCUT2D eigenvalue weighted by molar-refractivity contribution is 0.483. The Morgan fingerprint density at radius 2 is 1.73 bits per heavy atom. The number of H-pyrrole nitrogens is 1. The maximum Gasteiger partial charge on any atom is 0.349 e. The lowest BCUT2D eigenvalue weighted by atomic mass is 10.0. The number of hydrogen-bond donors (Lipinski definition) is 2. The molecule has 0 unspecified atom stereocenters.